The van der Waals surface area contributed by atoms with Crippen LogP contribution in [0.3, 0.4) is 0 Å². The van der Waals surface area contributed by atoms with Crippen molar-refractivity contribution in [3.05, 3.63) is 69.8 Å². The number of carboxylic acids is 4. The summed E-state index contributed by atoms with van der Waals surface area (Å²) in [6, 6.07) is 7.10. The van der Waals surface area contributed by atoms with Gasteiger partial charge in [0.25, 0.3) is 0 Å². The molecule has 2 rings (SSSR count). The number of hydrogen-bond donors (Lipinski definition) is 4. The Hall–Kier alpha value is -3.94. The third-order valence-electron chi connectivity index (χ3n) is 3.46. The molecule has 0 saturated carbocycles. The number of hydrogen-bond acceptors (Lipinski definition) is 4. The predicted molar refractivity (Wildman–Crippen MR) is 89.6 cm³/mol. The minimum Gasteiger partial charge on any atom is -0.478 e. The van der Waals surface area contributed by atoms with Gasteiger partial charge in [0.05, 0.1) is 22.3 Å². The van der Waals surface area contributed by atoms with Crippen molar-refractivity contribution in [3.63, 3.8) is 0 Å². The maximum Gasteiger partial charge on any atom is 0.336 e. The van der Waals surface area contributed by atoms with Crippen molar-refractivity contribution >= 4 is 36.0 Å². The summed E-state index contributed by atoms with van der Waals surface area (Å²) in [4.78, 5) is 44.9. The molecule has 2 aromatic rings. The van der Waals surface area contributed by atoms with Crippen molar-refractivity contribution in [1.29, 1.82) is 0 Å². The molecule has 0 aliphatic heterocycles. The van der Waals surface area contributed by atoms with Crippen LogP contribution in [0.25, 0.3) is 12.2 Å². The molecule has 0 spiro atoms. The fourth-order valence-electron chi connectivity index (χ4n) is 2.29. The third-order valence-corrected chi connectivity index (χ3v) is 3.46. The normalized spacial score (nSPS) is 10.6. The highest BCUT2D eigenvalue weighted by Crippen LogP contribution is 2.20. The molecule has 0 aliphatic carbocycles. The Morgan fingerprint density at radius 2 is 1.12 bits per heavy atom. The lowest BCUT2D eigenvalue weighted by Crippen LogP contribution is -2.07. The van der Waals surface area contributed by atoms with Gasteiger partial charge in [-0.05, 0) is 35.9 Å². The fraction of sp³-hybridized carbons (Fsp3) is 0. The van der Waals surface area contributed by atoms with Crippen LogP contribution in [-0.4, -0.2) is 44.3 Å². The molecule has 2 aromatic carbocycles. The average molecular weight is 356 g/mol. The van der Waals surface area contributed by atoms with Crippen LogP contribution in [0, 0.1) is 0 Å². The van der Waals surface area contributed by atoms with Crippen molar-refractivity contribution in [2.24, 2.45) is 0 Å². The molecule has 0 fully saturated rings. The molecule has 0 aromatic heterocycles. The van der Waals surface area contributed by atoms with Gasteiger partial charge in [0.1, 0.15) is 0 Å². The molecule has 4 N–H and O–H groups in total. The second kappa shape index (κ2) is 7.31. The van der Waals surface area contributed by atoms with Crippen LogP contribution in [0.1, 0.15) is 52.6 Å². The lowest BCUT2D eigenvalue weighted by atomic mass is 9.98. The van der Waals surface area contributed by atoms with Crippen molar-refractivity contribution in [2.45, 2.75) is 0 Å². The van der Waals surface area contributed by atoms with Crippen molar-refractivity contribution in [1.82, 2.24) is 0 Å². The zero-order valence-corrected chi connectivity index (χ0v) is 13.0. The maximum atomic E-state index is 11.3. The molecule has 26 heavy (non-hydrogen) atoms. The molecule has 0 aliphatic rings. The van der Waals surface area contributed by atoms with Crippen LogP contribution >= 0.6 is 0 Å². The SMILES string of the molecule is O=C(O)c1cc(/C=C/c2c(C(=O)O)cccc2C(=O)O)cc(C(=O)O)c1. The van der Waals surface area contributed by atoms with Crippen LogP contribution in [0.15, 0.2) is 36.4 Å². The first-order valence-corrected chi connectivity index (χ1v) is 7.10. The lowest BCUT2D eigenvalue weighted by Gasteiger charge is -2.06. The van der Waals surface area contributed by atoms with E-state index in [0.29, 0.717) is 0 Å². The van der Waals surface area contributed by atoms with E-state index in [1.165, 1.54) is 42.5 Å². The van der Waals surface area contributed by atoms with E-state index in [9.17, 15) is 29.4 Å². The van der Waals surface area contributed by atoms with Gasteiger partial charge in [0.15, 0.2) is 0 Å². The van der Waals surface area contributed by atoms with Gasteiger partial charge in [0.2, 0.25) is 0 Å². The van der Waals surface area contributed by atoms with E-state index in [1.807, 2.05) is 0 Å². The minimum absolute atomic E-state index is 0.0925. The summed E-state index contributed by atoms with van der Waals surface area (Å²) in [6.07, 6.45) is 2.45. The Bertz CT molecular complexity index is 891. The van der Waals surface area contributed by atoms with Crippen molar-refractivity contribution < 1.29 is 39.6 Å². The summed E-state index contributed by atoms with van der Waals surface area (Å²) in [7, 11) is 0. The molecule has 0 unspecified atom stereocenters. The van der Waals surface area contributed by atoms with Crippen molar-refractivity contribution in [3.8, 4) is 0 Å². The van der Waals surface area contributed by atoms with Gasteiger partial charge < -0.3 is 20.4 Å². The van der Waals surface area contributed by atoms with Crippen LogP contribution in [0.4, 0.5) is 0 Å². The number of aromatic carboxylic acids is 4. The van der Waals surface area contributed by atoms with E-state index in [2.05, 4.69) is 0 Å². The van der Waals surface area contributed by atoms with Gasteiger partial charge in [-0.3, -0.25) is 0 Å². The largest absolute Gasteiger partial charge is 0.478 e. The number of carboxylic acid groups (broad SMARTS) is 4. The van der Waals surface area contributed by atoms with E-state index < -0.39 is 23.9 Å². The van der Waals surface area contributed by atoms with Crippen LogP contribution in [0.5, 0.6) is 0 Å². The predicted octanol–water partition coefficient (Wildman–Crippen LogP) is 2.65. The molecular formula is C18H12O8. The number of benzene rings is 2. The van der Waals surface area contributed by atoms with E-state index in [-0.39, 0.29) is 33.4 Å². The molecule has 8 nitrogen and oxygen atoms in total. The topological polar surface area (TPSA) is 149 Å². The summed E-state index contributed by atoms with van der Waals surface area (Å²) in [5, 5.41) is 36.6. The Balaban J connectivity index is 2.60. The van der Waals surface area contributed by atoms with E-state index >= 15 is 0 Å². The van der Waals surface area contributed by atoms with Gasteiger partial charge in [-0.15, -0.1) is 0 Å². The maximum absolute atomic E-state index is 11.3. The molecule has 0 saturated heterocycles. The third kappa shape index (κ3) is 3.93. The first-order chi connectivity index (χ1) is 12.2. The first kappa shape index (κ1) is 18.4. The van der Waals surface area contributed by atoms with E-state index in [1.54, 1.807) is 0 Å². The van der Waals surface area contributed by atoms with Crippen LogP contribution in [-0.2, 0) is 0 Å². The van der Waals surface area contributed by atoms with Gasteiger partial charge in [-0.25, -0.2) is 19.2 Å². The standard InChI is InChI=1S/C18H12O8/c19-15(20)10-6-9(7-11(8-10)16(21)22)4-5-12-13(17(23)24)2-1-3-14(12)18(25)26/h1-8H,(H,19,20)(H,21,22)(H,23,24)(H,25,26)/b5-4+. The highest BCUT2D eigenvalue weighted by atomic mass is 16.4. The van der Waals surface area contributed by atoms with Crippen LogP contribution < -0.4 is 0 Å². The first-order valence-electron chi connectivity index (χ1n) is 7.10. The summed E-state index contributed by atoms with van der Waals surface area (Å²) >= 11 is 0. The molecule has 0 atom stereocenters. The minimum atomic E-state index is -1.33. The van der Waals surface area contributed by atoms with Gasteiger partial charge in [0, 0.05) is 5.56 Å². The summed E-state index contributed by atoms with van der Waals surface area (Å²) in [6.45, 7) is 0. The quantitative estimate of drug-likeness (QED) is 0.577. The molecular weight excluding hydrogens is 344 g/mol. The average Bonchev–Trinajstić information content (AvgIpc) is 2.58. The summed E-state index contributed by atoms with van der Waals surface area (Å²) in [5.74, 6) is -5.34. The Morgan fingerprint density at radius 3 is 1.50 bits per heavy atom. The van der Waals surface area contributed by atoms with Gasteiger partial charge in [-0.2, -0.15) is 0 Å². The van der Waals surface area contributed by atoms with Gasteiger partial charge in [-0.1, -0.05) is 18.2 Å². The Kier molecular flexibility index (Phi) is 5.17. The highest BCUT2D eigenvalue weighted by Gasteiger charge is 2.16. The number of rotatable bonds is 6. The molecule has 0 amide bonds. The van der Waals surface area contributed by atoms with E-state index in [0.717, 1.165) is 6.07 Å². The molecule has 0 radical (unpaired) electrons. The van der Waals surface area contributed by atoms with E-state index in [4.69, 9.17) is 10.2 Å². The lowest BCUT2D eigenvalue weighted by molar-refractivity contribution is 0.0676. The fourth-order valence-corrected chi connectivity index (χ4v) is 2.29. The zero-order chi connectivity index (χ0) is 19.4. The monoisotopic (exact) mass is 356 g/mol. The highest BCUT2D eigenvalue weighted by molar-refractivity contribution is 6.02. The van der Waals surface area contributed by atoms with Gasteiger partial charge >= 0.3 is 23.9 Å². The smallest absolute Gasteiger partial charge is 0.336 e. The Labute approximate surface area is 146 Å². The Morgan fingerprint density at radius 1 is 0.654 bits per heavy atom. The zero-order valence-electron chi connectivity index (χ0n) is 13.0. The molecule has 0 bridgehead atoms. The molecule has 132 valence electrons. The summed E-state index contributed by atoms with van der Waals surface area (Å²) in [5.41, 5.74) is -0.976. The second-order valence-electron chi connectivity index (χ2n) is 5.16. The number of carbonyl (C=O) groups is 4. The van der Waals surface area contributed by atoms with Crippen LogP contribution in [0.2, 0.25) is 0 Å². The summed E-state index contributed by atoms with van der Waals surface area (Å²) < 4.78 is 0. The van der Waals surface area contributed by atoms with Crippen molar-refractivity contribution in [2.75, 3.05) is 0 Å². The second-order valence-corrected chi connectivity index (χ2v) is 5.16. The molecule has 8 heteroatoms. The molecule has 0 heterocycles.